The second-order valence-electron chi connectivity index (χ2n) is 7.16. The van der Waals surface area contributed by atoms with E-state index in [0.29, 0.717) is 18.5 Å². The SMILES string of the molecule is CC1=C(C)C[C@@H](C(=O)O)[C@@H](C(=O)Nc2ccc(N3CCOCC3)cc2)C1. The number of anilines is 2. The van der Waals surface area contributed by atoms with E-state index in [2.05, 4.69) is 10.2 Å². The van der Waals surface area contributed by atoms with E-state index < -0.39 is 17.8 Å². The van der Waals surface area contributed by atoms with E-state index in [4.69, 9.17) is 4.74 Å². The highest BCUT2D eigenvalue weighted by atomic mass is 16.5. The second-order valence-corrected chi connectivity index (χ2v) is 7.16. The molecule has 0 spiro atoms. The molecule has 1 amide bonds. The highest BCUT2D eigenvalue weighted by Crippen LogP contribution is 2.35. The molecule has 0 unspecified atom stereocenters. The van der Waals surface area contributed by atoms with Crippen LogP contribution in [0.1, 0.15) is 26.7 Å². The van der Waals surface area contributed by atoms with Gasteiger partial charge in [-0.2, -0.15) is 0 Å². The predicted molar refractivity (Wildman–Crippen MR) is 100 cm³/mol. The fourth-order valence-corrected chi connectivity index (χ4v) is 3.64. The summed E-state index contributed by atoms with van der Waals surface area (Å²) in [6.45, 7) is 7.10. The molecule has 1 saturated heterocycles. The number of nitrogens with zero attached hydrogens (tertiary/aromatic N) is 1. The molecule has 6 heteroatoms. The number of morpholine rings is 1. The number of aliphatic carboxylic acids is 1. The van der Waals surface area contributed by atoms with Crippen LogP contribution >= 0.6 is 0 Å². The van der Waals surface area contributed by atoms with Gasteiger partial charge in [-0.15, -0.1) is 0 Å². The summed E-state index contributed by atoms with van der Waals surface area (Å²) in [4.78, 5) is 26.5. The van der Waals surface area contributed by atoms with Crippen molar-refractivity contribution in [2.75, 3.05) is 36.5 Å². The zero-order valence-corrected chi connectivity index (χ0v) is 15.3. The van der Waals surface area contributed by atoms with E-state index in [0.717, 1.165) is 43.1 Å². The third-order valence-electron chi connectivity index (χ3n) is 5.43. The van der Waals surface area contributed by atoms with Gasteiger partial charge in [0.2, 0.25) is 5.91 Å². The third-order valence-corrected chi connectivity index (χ3v) is 5.43. The number of hydrogen-bond donors (Lipinski definition) is 2. The van der Waals surface area contributed by atoms with Crippen LogP contribution in [0.15, 0.2) is 35.4 Å². The lowest BCUT2D eigenvalue weighted by molar-refractivity contribution is -0.146. The fraction of sp³-hybridized carbons (Fsp3) is 0.500. The number of carboxylic acids is 1. The lowest BCUT2D eigenvalue weighted by Crippen LogP contribution is -2.36. The Morgan fingerprint density at radius 3 is 2.19 bits per heavy atom. The molecule has 1 heterocycles. The molecule has 2 aliphatic rings. The maximum Gasteiger partial charge on any atom is 0.307 e. The van der Waals surface area contributed by atoms with Crippen LogP contribution < -0.4 is 10.2 Å². The van der Waals surface area contributed by atoms with Crippen LogP contribution in [0.2, 0.25) is 0 Å². The van der Waals surface area contributed by atoms with Gasteiger partial charge < -0.3 is 20.1 Å². The summed E-state index contributed by atoms with van der Waals surface area (Å²) in [5, 5.41) is 12.4. The van der Waals surface area contributed by atoms with Gasteiger partial charge in [0.1, 0.15) is 0 Å². The highest BCUT2D eigenvalue weighted by molar-refractivity contribution is 5.95. The summed E-state index contributed by atoms with van der Waals surface area (Å²) in [5.41, 5.74) is 3.99. The molecule has 3 rings (SSSR count). The molecule has 1 aliphatic carbocycles. The number of rotatable bonds is 4. The maximum atomic E-state index is 12.7. The predicted octanol–water partition coefficient (Wildman–Crippen LogP) is 2.91. The molecule has 2 atom stereocenters. The number of benzene rings is 1. The van der Waals surface area contributed by atoms with E-state index in [1.165, 1.54) is 0 Å². The van der Waals surface area contributed by atoms with Gasteiger partial charge in [-0.3, -0.25) is 9.59 Å². The standard InChI is InChI=1S/C20H26N2O4/c1-13-11-17(18(20(24)25)12-14(13)2)19(23)21-15-3-5-16(6-4-15)22-7-9-26-10-8-22/h3-6,17-18H,7-12H2,1-2H3,(H,21,23)(H,24,25)/t17-,18+/m0/s1. The van der Waals surface area contributed by atoms with Crippen molar-refractivity contribution in [1.29, 1.82) is 0 Å². The van der Waals surface area contributed by atoms with Crippen LogP contribution in [0.4, 0.5) is 11.4 Å². The van der Waals surface area contributed by atoms with Crippen LogP contribution in [0.25, 0.3) is 0 Å². The average molecular weight is 358 g/mol. The number of allylic oxidation sites excluding steroid dienone is 2. The van der Waals surface area contributed by atoms with Gasteiger partial charge in [0.25, 0.3) is 0 Å². The minimum atomic E-state index is -0.903. The largest absolute Gasteiger partial charge is 0.481 e. The number of amides is 1. The first-order valence-corrected chi connectivity index (χ1v) is 9.07. The molecule has 1 fully saturated rings. The van der Waals surface area contributed by atoms with Gasteiger partial charge in [-0.05, 0) is 51.0 Å². The summed E-state index contributed by atoms with van der Waals surface area (Å²) in [6.07, 6.45) is 0.940. The quantitative estimate of drug-likeness (QED) is 0.809. The molecular formula is C20H26N2O4. The minimum absolute atomic E-state index is 0.219. The van der Waals surface area contributed by atoms with Crippen LogP contribution in [-0.4, -0.2) is 43.3 Å². The average Bonchev–Trinajstić information content (AvgIpc) is 2.64. The zero-order valence-electron chi connectivity index (χ0n) is 15.3. The summed E-state index contributed by atoms with van der Waals surface area (Å²) in [6, 6.07) is 7.70. The van der Waals surface area contributed by atoms with Crippen molar-refractivity contribution < 1.29 is 19.4 Å². The van der Waals surface area contributed by atoms with Crippen molar-refractivity contribution in [2.24, 2.45) is 11.8 Å². The molecule has 140 valence electrons. The topological polar surface area (TPSA) is 78.9 Å². The van der Waals surface area contributed by atoms with Gasteiger partial charge in [-0.25, -0.2) is 0 Å². The monoisotopic (exact) mass is 358 g/mol. The molecule has 26 heavy (non-hydrogen) atoms. The number of carbonyl (C=O) groups excluding carboxylic acids is 1. The maximum absolute atomic E-state index is 12.7. The number of carbonyl (C=O) groups is 2. The van der Waals surface area contributed by atoms with Gasteiger partial charge in [0, 0.05) is 24.5 Å². The van der Waals surface area contributed by atoms with E-state index in [1.54, 1.807) is 0 Å². The lowest BCUT2D eigenvalue weighted by atomic mass is 9.76. The number of ether oxygens (including phenoxy) is 1. The van der Waals surface area contributed by atoms with E-state index in [1.807, 2.05) is 38.1 Å². The lowest BCUT2D eigenvalue weighted by Gasteiger charge is -2.30. The molecule has 1 aliphatic heterocycles. The van der Waals surface area contributed by atoms with Crippen LogP contribution in [0, 0.1) is 11.8 Å². The molecule has 1 aromatic rings. The Kier molecular flexibility index (Phi) is 5.61. The number of carboxylic acid groups (broad SMARTS) is 1. The van der Waals surface area contributed by atoms with Gasteiger partial charge >= 0.3 is 5.97 Å². The van der Waals surface area contributed by atoms with Crippen molar-refractivity contribution in [3.63, 3.8) is 0 Å². The Hall–Kier alpha value is -2.34. The van der Waals surface area contributed by atoms with Crippen molar-refractivity contribution in [1.82, 2.24) is 0 Å². The fourth-order valence-electron chi connectivity index (χ4n) is 3.64. The normalized spacial score (nSPS) is 23.7. The Labute approximate surface area is 153 Å². The van der Waals surface area contributed by atoms with E-state index in [-0.39, 0.29) is 5.91 Å². The van der Waals surface area contributed by atoms with Crippen molar-refractivity contribution in [2.45, 2.75) is 26.7 Å². The van der Waals surface area contributed by atoms with Crippen LogP contribution in [0.3, 0.4) is 0 Å². The van der Waals surface area contributed by atoms with E-state index >= 15 is 0 Å². The summed E-state index contributed by atoms with van der Waals surface area (Å²) >= 11 is 0. The summed E-state index contributed by atoms with van der Waals surface area (Å²) in [5.74, 6) is -2.32. The molecule has 2 N–H and O–H groups in total. The van der Waals surface area contributed by atoms with Crippen molar-refractivity contribution in [3.05, 3.63) is 35.4 Å². The molecule has 0 bridgehead atoms. The first-order chi connectivity index (χ1) is 12.5. The zero-order chi connectivity index (χ0) is 18.7. The van der Waals surface area contributed by atoms with Crippen molar-refractivity contribution >= 4 is 23.3 Å². The first kappa shape index (κ1) is 18.5. The first-order valence-electron chi connectivity index (χ1n) is 9.07. The van der Waals surface area contributed by atoms with Gasteiger partial charge in [0.05, 0.1) is 25.0 Å². The third kappa shape index (κ3) is 4.07. The van der Waals surface area contributed by atoms with Gasteiger partial charge in [-0.1, -0.05) is 11.1 Å². The molecular weight excluding hydrogens is 332 g/mol. The molecule has 1 aromatic carbocycles. The molecule has 6 nitrogen and oxygen atoms in total. The number of nitrogens with one attached hydrogen (secondary N) is 1. The van der Waals surface area contributed by atoms with E-state index in [9.17, 15) is 14.7 Å². The number of hydrogen-bond acceptors (Lipinski definition) is 4. The Morgan fingerprint density at radius 2 is 1.62 bits per heavy atom. The minimum Gasteiger partial charge on any atom is -0.481 e. The second kappa shape index (κ2) is 7.91. The molecule has 0 saturated carbocycles. The Morgan fingerprint density at radius 1 is 1.04 bits per heavy atom. The smallest absolute Gasteiger partial charge is 0.307 e. The molecule has 0 aromatic heterocycles. The Bertz CT molecular complexity index is 705. The van der Waals surface area contributed by atoms with Crippen LogP contribution in [-0.2, 0) is 14.3 Å². The summed E-state index contributed by atoms with van der Waals surface area (Å²) < 4.78 is 5.36. The summed E-state index contributed by atoms with van der Waals surface area (Å²) in [7, 11) is 0. The van der Waals surface area contributed by atoms with Crippen molar-refractivity contribution in [3.8, 4) is 0 Å². The van der Waals surface area contributed by atoms with Crippen LogP contribution in [0.5, 0.6) is 0 Å². The molecule has 0 radical (unpaired) electrons. The Balaban J connectivity index is 1.67. The van der Waals surface area contributed by atoms with Gasteiger partial charge in [0.15, 0.2) is 0 Å². The highest BCUT2D eigenvalue weighted by Gasteiger charge is 2.37.